The molecule has 0 amide bonds. The smallest absolute Gasteiger partial charge is 0.248 e. The van der Waals surface area contributed by atoms with E-state index in [1.54, 1.807) is 0 Å². The molecular formula is C14H19F2N. The molecule has 0 radical (unpaired) electrons. The van der Waals surface area contributed by atoms with Crippen LogP contribution in [0.25, 0.3) is 0 Å². The molecule has 1 saturated carbocycles. The summed E-state index contributed by atoms with van der Waals surface area (Å²) in [6.45, 7) is 0. The number of hydrogen-bond donors (Lipinski definition) is 1. The SMILES string of the molecule is NC(Cc1ccccc1)CC1CCC(F)(F)C1. The highest BCUT2D eigenvalue weighted by atomic mass is 19.3. The first-order chi connectivity index (χ1) is 8.05. The average molecular weight is 239 g/mol. The van der Waals surface area contributed by atoms with Gasteiger partial charge in [0.25, 0.3) is 0 Å². The number of benzene rings is 1. The lowest BCUT2D eigenvalue weighted by atomic mass is 9.94. The zero-order chi connectivity index (χ0) is 12.3. The maximum absolute atomic E-state index is 13.0. The van der Waals surface area contributed by atoms with Crippen LogP contribution in [0.2, 0.25) is 0 Å². The second-order valence-corrected chi connectivity index (χ2v) is 5.15. The number of alkyl halides is 2. The lowest BCUT2D eigenvalue weighted by Gasteiger charge is -2.16. The average Bonchev–Trinajstić information content (AvgIpc) is 2.59. The van der Waals surface area contributed by atoms with Crippen LogP contribution in [0.15, 0.2) is 30.3 Å². The number of rotatable bonds is 4. The van der Waals surface area contributed by atoms with Crippen molar-refractivity contribution in [3.8, 4) is 0 Å². The zero-order valence-corrected chi connectivity index (χ0v) is 9.91. The van der Waals surface area contributed by atoms with Gasteiger partial charge in [0, 0.05) is 18.9 Å². The van der Waals surface area contributed by atoms with Gasteiger partial charge in [0.2, 0.25) is 5.92 Å². The highest BCUT2D eigenvalue weighted by molar-refractivity contribution is 5.15. The van der Waals surface area contributed by atoms with Crippen LogP contribution in [0.4, 0.5) is 8.78 Å². The van der Waals surface area contributed by atoms with E-state index < -0.39 is 5.92 Å². The molecule has 2 rings (SSSR count). The number of hydrogen-bond acceptors (Lipinski definition) is 1. The van der Waals surface area contributed by atoms with E-state index in [-0.39, 0.29) is 24.8 Å². The summed E-state index contributed by atoms with van der Waals surface area (Å²) in [4.78, 5) is 0. The largest absolute Gasteiger partial charge is 0.327 e. The second kappa shape index (κ2) is 5.13. The fourth-order valence-corrected chi connectivity index (χ4v) is 2.67. The van der Waals surface area contributed by atoms with Crippen LogP contribution >= 0.6 is 0 Å². The Morgan fingerprint density at radius 3 is 2.59 bits per heavy atom. The Kier molecular flexibility index (Phi) is 3.77. The topological polar surface area (TPSA) is 26.0 Å². The van der Waals surface area contributed by atoms with Gasteiger partial charge in [0.15, 0.2) is 0 Å². The van der Waals surface area contributed by atoms with Crippen LogP contribution in [0.5, 0.6) is 0 Å². The van der Waals surface area contributed by atoms with E-state index >= 15 is 0 Å². The van der Waals surface area contributed by atoms with Crippen molar-refractivity contribution in [1.29, 1.82) is 0 Å². The lowest BCUT2D eigenvalue weighted by molar-refractivity contribution is 0.00449. The predicted molar refractivity (Wildman–Crippen MR) is 65.0 cm³/mol. The van der Waals surface area contributed by atoms with Crippen molar-refractivity contribution in [2.75, 3.05) is 0 Å². The summed E-state index contributed by atoms with van der Waals surface area (Å²) in [7, 11) is 0. The minimum Gasteiger partial charge on any atom is -0.327 e. The second-order valence-electron chi connectivity index (χ2n) is 5.15. The number of halogens is 2. The molecule has 3 heteroatoms. The standard InChI is InChI=1S/C14H19F2N/c15-14(16)7-6-12(10-14)9-13(17)8-11-4-2-1-3-5-11/h1-5,12-13H,6-10,17H2. The first-order valence-corrected chi connectivity index (χ1v) is 6.22. The van der Waals surface area contributed by atoms with Crippen LogP contribution < -0.4 is 5.73 Å². The Morgan fingerprint density at radius 2 is 2.00 bits per heavy atom. The van der Waals surface area contributed by atoms with Gasteiger partial charge in [-0.25, -0.2) is 8.78 Å². The van der Waals surface area contributed by atoms with Crippen molar-refractivity contribution in [2.24, 2.45) is 11.7 Å². The highest BCUT2D eigenvalue weighted by Crippen LogP contribution is 2.40. The van der Waals surface area contributed by atoms with Crippen molar-refractivity contribution >= 4 is 0 Å². The Hall–Kier alpha value is -0.960. The molecule has 0 aliphatic heterocycles. The molecule has 1 aliphatic carbocycles. The van der Waals surface area contributed by atoms with Crippen LogP contribution in [0, 0.1) is 5.92 Å². The summed E-state index contributed by atoms with van der Waals surface area (Å²) in [5.74, 6) is -2.35. The molecule has 1 fully saturated rings. The monoisotopic (exact) mass is 239 g/mol. The molecule has 0 heterocycles. The van der Waals surface area contributed by atoms with Gasteiger partial charge in [-0.05, 0) is 30.7 Å². The van der Waals surface area contributed by atoms with Gasteiger partial charge >= 0.3 is 0 Å². The van der Waals surface area contributed by atoms with Crippen molar-refractivity contribution < 1.29 is 8.78 Å². The van der Waals surface area contributed by atoms with Crippen LogP contribution in [0.3, 0.4) is 0 Å². The molecule has 1 aliphatic rings. The number of nitrogens with two attached hydrogens (primary N) is 1. The third-order valence-electron chi connectivity index (χ3n) is 3.48. The highest BCUT2D eigenvalue weighted by Gasteiger charge is 2.39. The third kappa shape index (κ3) is 3.77. The molecule has 2 atom stereocenters. The summed E-state index contributed by atoms with van der Waals surface area (Å²) in [5, 5.41) is 0. The molecule has 2 unspecified atom stereocenters. The van der Waals surface area contributed by atoms with Crippen molar-refractivity contribution in [2.45, 2.75) is 44.1 Å². The third-order valence-corrected chi connectivity index (χ3v) is 3.48. The van der Waals surface area contributed by atoms with Crippen molar-refractivity contribution in [3.63, 3.8) is 0 Å². The molecule has 0 aromatic heterocycles. The Labute approximate surface area is 101 Å². The van der Waals surface area contributed by atoms with E-state index in [0.717, 1.165) is 6.42 Å². The van der Waals surface area contributed by atoms with Crippen LogP contribution in [-0.2, 0) is 6.42 Å². The molecule has 1 aromatic rings. The Balaban J connectivity index is 1.80. The van der Waals surface area contributed by atoms with Gasteiger partial charge in [-0.3, -0.25) is 0 Å². The molecule has 94 valence electrons. The lowest BCUT2D eigenvalue weighted by Crippen LogP contribution is -2.26. The summed E-state index contributed by atoms with van der Waals surface area (Å²) in [6.07, 6.45) is 2.17. The molecule has 17 heavy (non-hydrogen) atoms. The molecule has 0 bridgehead atoms. The summed E-state index contributed by atoms with van der Waals surface area (Å²) >= 11 is 0. The van der Waals surface area contributed by atoms with Gasteiger partial charge in [-0.1, -0.05) is 30.3 Å². The Bertz CT molecular complexity index is 350. The van der Waals surface area contributed by atoms with E-state index in [9.17, 15) is 8.78 Å². The maximum Gasteiger partial charge on any atom is 0.248 e. The van der Waals surface area contributed by atoms with E-state index in [1.165, 1.54) is 5.56 Å². The van der Waals surface area contributed by atoms with Gasteiger partial charge in [-0.15, -0.1) is 0 Å². The summed E-state index contributed by atoms with van der Waals surface area (Å²) in [5.41, 5.74) is 7.21. The van der Waals surface area contributed by atoms with Gasteiger partial charge in [0.05, 0.1) is 0 Å². The van der Waals surface area contributed by atoms with E-state index in [1.807, 2.05) is 30.3 Å². The van der Waals surface area contributed by atoms with Crippen molar-refractivity contribution in [3.05, 3.63) is 35.9 Å². The fraction of sp³-hybridized carbons (Fsp3) is 0.571. The van der Waals surface area contributed by atoms with E-state index in [0.29, 0.717) is 12.8 Å². The summed E-state index contributed by atoms with van der Waals surface area (Å²) in [6, 6.07) is 9.98. The minimum absolute atomic E-state index is 0.00343. The minimum atomic E-state index is -2.45. The molecule has 0 spiro atoms. The van der Waals surface area contributed by atoms with Gasteiger partial charge in [0.1, 0.15) is 0 Å². The van der Waals surface area contributed by atoms with E-state index in [2.05, 4.69) is 0 Å². The van der Waals surface area contributed by atoms with Gasteiger partial charge < -0.3 is 5.73 Å². The van der Waals surface area contributed by atoms with E-state index in [4.69, 9.17) is 5.73 Å². The first kappa shape index (κ1) is 12.5. The Morgan fingerprint density at radius 1 is 1.29 bits per heavy atom. The molecule has 1 aromatic carbocycles. The summed E-state index contributed by atoms with van der Waals surface area (Å²) < 4.78 is 26.1. The molecule has 2 N–H and O–H groups in total. The molecule has 0 saturated heterocycles. The quantitative estimate of drug-likeness (QED) is 0.856. The maximum atomic E-state index is 13.0. The fourth-order valence-electron chi connectivity index (χ4n) is 2.67. The molecular weight excluding hydrogens is 220 g/mol. The molecule has 1 nitrogen and oxygen atoms in total. The normalized spacial score (nSPS) is 24.8. The predicted octanol–water partition coefficient (Wildman–Crippen LogP) is 3.38. The van der Waals surface area contributed by atoms with Crippen molar-refractivity contribution in [1.82, 2.24) is 0 Å². The van der Waals surface area contributed by atoms with Crippen LogP contribution in [0.1, 0.15) is 31.2 Å². The van der Waals surface area contributed by atoms with Gasteiger partial charge in [-0.2, -0.15) is 0 Å². The van der Waals surface area contributed by atoms with Crippen LogP contribution in [-0.4, -0.2) is 12.0 Å². The zero-order valence-electron chi connectivity index (χ0n) is 9.91. The first-order valence-electron chi connectivity index (χ1n) is 6.22.